The summed E-state index contributed by atoms with van der Waals surface area (Å²) in [6.45, 7) is 1.55. The number of rotatable bonds is 3. The minimum atomic E-state index is -1.21. The van der Waals surface area contributed by atoms with E-state index in [1.54, 1.807) is 37.3 Å². The Balaban J connectivity index is 2.57. The first-order valence-electron chi connectivity index (χ1n) is 6.37. The minimum absolute atomic E-state index is 0.00783. The van der Waals surface area contributed by atoms with Crippen molar-refractivity contribution in [2.75, 3.05) is 12.0 Å². The van der Waals surface area contributed by atoms with Crippen molar-refractivity contribution in [3.8, 4) is 0 Å². The molecule has 0 spiro atoms. The highest BCUT2D eigenvalue weighted by atomic mass is 16.5. The SMILES string of the molecule is COC(=O)C1=C(C)N(c2ccccc2)C(=O)C[C@@H]1C(=O)O. The van der Waals surface area contributed by atoms with Crippen LogP contribution in [0.1, 0.15) is 13.3 Å². The van der Waals surface area contributed by atoms with Crippen LogP contribution < -0.4 is 4.90 Å². The summed E-state index contributed by atoms with van der Waals surface area (Å²) in [5.41, 5.74) is 0.885. The summed E-state index contributed by atoms with van der Waals surface area (Å²) in [4.78, 5) is 36.8. The summed E-state index contributed by atoms with van der Waals surface area (Å²) >= 11 is 0. The Labute approximate surface area is 121 Å². The number of esters is 1. The van der Waals surface area contributed by atoms with Crippen LogP contribution in [0.2, 0.25) is 0 Å². The Hall–Kier alpha value is -2.63. The topological polar surface area (TPSA) is 83.9 Å². The van der Waals surface area contributed by atoms with Crippen LogP contribution in [0.15, 0.2) is 41.6 Å². The van der Waals surface area contributed by atoms with E-state index in [0.717, 1.165) is 0 Å². The minimum Gasteiger partial charge on any atom is -0.481 e. The molecule has 2 rings (SSSR count). The summed E-state index contributed by atoms with van der Waals surface area (Å²) < 4.78 is 4.66. The lowest BCUT2D eigenvalue weighted by Gasteiger charge is -2.32. The van der Waals surface area contributed by atoms with E-state index >= 15 is 0 Å². The number of para-hydroxylation sites is 1. The van der Waals surface area contributed by atoms with Gasteiger partial charge in [0.2, 0.25) is 5.91 Å². The first-order valence-corrected chi connectivity index (χ1v) is 6.37. The molecule has 1 aromatic rings. The van der Waals surface area contributed by atoms with Crippen LogP contribution in [-0.2, 0) is 19.1 Å². The maximum absolute atomic E-state index is 12.3. The first kappa shape index (κ1) is 14.8. The molecule has 0 saturated carbocycles. The molecular formula is C15H15NO5. The lowest BCUT2D eigenvalue weighted by atomic mass is 9.89. The molecule has 6 nitrogen and oxygen atoms in total. The molecule has 0 fully saturated rings. The predicted octanol–water partition coefficient (Wildman–Crippen LogP) is 1.57. The van der Waals surface area contributed by atoms with Gasteiger partial charge in [-0.3, -0.25) is 14.5 Å². The lowest BCUT2D eigenvalue weighted by molar-refractivity contribution is -0.146. The number of methoxy groups -OCH3 is 1. The molecule has 0 aliphatic carbocycles. The number of carbonyl (C=O) groups is 3. The number of hydrogen-bond acceptors (Lipinski definition) is 4. The maximum atomic E-state index is 12.3. The number of amides is 1. The van der Waals surface area contributed by atoms with Crippen LogP contribution in [0, 0.1) is 5.92 Å². The van der Waals surface area contributed by atoms with Gasteiger partial charge in [0.05, 0.1) is 18.6 Å². The molecule has 0 aromatic heterocycles. The summed E-state index contributed by atoms with van der Waals surface area (Å²) in [6, 6.07) is 8.76. The van der Waals surface area contributed by atoms with Gasteiger partial charge in [-0.2, -0.15) is 0 Å². The zero-order chi connectivity index (χ0) is 15.6. The molecule has 1 aliphatic heterocycles. The number of carboxylic acid groups (broad SMARTS) is 1. The molecule has 1 N–H and O–H groups in total. The second-order valence-electron chi connectivity index (χ2n) is 4.65. The Kier molecular flexibility index (Phi) is 4.07. The fourth-order valence-electron chi connectivity index (χ4n) is 2.45. The van der Waals surface area contributed by atoms with Gasteiger partial charge in [0.1, 0.15) is 0 Å². The number of benzene rings is 1. The summed E-state index contributed by atoms with van der Waals surface area (Å²) in [6.07, 6.45) is -0.272. The first-order chi connectivity index (χ1) is 9.97. The third kappa shape index (κ3) is 2.65. The highest BCUT2D eigenvalue weighted by Gasteiger charge is 2.40. The average molecular weight is 289 g/mol. The van der Waals surface area contributed by atoms with E-state index in [0.29, 0.717) is 5.69 Å². The molecule has 110 valence electrons. The van der Waals surface area contributed by atoms with Gasteiger partial charge in [-0.1, -0.05) is 18.2 Å². The van der Waals surface area contributed by atoms with Crippen LogP contribution >= 0.6 is 0 Å². The zero-order valence-electron chi connectivity index (χ0n) is 11.7. The van der Waals surface area contributed by atoms with Crippen molar-refractivity contribution < 1.29 is 24.2 Å². The van der Waals surface area contributed by atoms with Gasteiger partial charge in [0, 0.05) is 17.8 Å². The quantitative estimate of drug-likeness (QED) is 0.854. The summed E-state index contributed by atoms with van der Waals surface area (Å²) in [7, 11) is 1.19. The number of hydrogen-bond donors (Lipinski definition) is 1. The van der Waals surface area contributed by atoms with E-state index in [2.05, 4.69) is 4.74 Å². The van der Waals surface area contributed by atoms with Crippen LogP contribution in [-0.4, -0.2) is 30.1 Å². The summed E-state index contributed by atoms with van der Waals surface area (Å²) in [5.74, 6) is -3.48. The van der Waals surface area contributed by atoms with Crippen molar-refractivity contribution in [3.63, 3.8) is 0 Å². The highest BCUT2D eigenvalue weighted by Crippen LogP contribution is 2.33. The third-order valence-corrected chi connectivity index (χ3v) is 3.42. The molecule has 0 unspecified atom stereocenters. The number of aliphatic carboxylic acids is 1. The number of ether oxygens (including phenoxy) is 1. The Morgan fingerprint density at radius 2 is 1.90 bits per heavy atom. The van der Waals surface area contributed by atoms with Crippen LogP contribution in [0.3, 0.4) is 0 Å². The van der Waals surface area contributed by atoms with Crippen molar-refractivity contribution in [2.45, 2.75) is 13.3 Å². The molecule has 0 saturated heterocycles. The second-order valence-corrected chi connectivity index (χ2v) is 4.65. The van der Waals surface area contributed by atoms with Gasteiger partial charge < -0.3 is 9.84 Å². The van der Waals surface area contributed by atoms with E-state index in [1.807, 2.05) is 0 Å². The molecule has 1 atom stereocenters. The fourth-order valence-corrected chi connectivity index (χ4v) is 2.45. The number of nitrogens with zero attached hydrogens (tertiary/aromatic N) is 1. The van der Waals surface area contributed by atoms with Crippen LogP contribution in [0.4, 0.5) is 5.69 Å². The standard InChI is InChI=1S/C15H15NO5/c1-9-13(15(20)21-2)11(14(18)19)8-12(17)16(9)10-6-4-3-5-7-10/h3-7,11H,8H2,1-2H3,(H,18,19)/t11-/m0/s1. The van der Waals surface area contributed by atoms with E-state index in [4.69, 9.17) is 0 Å². The third-order valence-electron chi connectivity index (χ3n) is 3.42. The van der Waals surface area contributed by atoms with E-state index < -0.39 is 17.9 Å². The van der Waals surface area contributed by atoms with Crippen molar-refractivity contribution >= 4 is 23.5 Å². The van der Waals surface area contributed by atoms with E-state index in [9.17, 15) is 19.5 Å². The molecule has 1 amide bonds. The van der Waals surface area contributed by atoms with Crippen LogP contribution in [0.5, 0.6) is 0 Å². The molecule has 1 aromatic carbocycles. The molecule has 6 heteroatoms. The van der Waals surface area contributed by atoms with Gasteiger partial charge in [0.25, 0.3) is 0 Å². The monoisotopic (exact) mass is 289 g/mol. The number of anilines is 1. The van der Waals surface area contributed by atoms with Crippen molar-refractivity contribution in [3.05, 3.63) is 41.6 Å². The van der Waals surface area contributed by atoms with Crippen molar-refractivity contribution in [1.29, 1.82) is 0 Å². The lowest BCUT2D eigenvalue weighted by Crippen LogP contribution is -2.41. The second kappa shape index (κ2) is 5.78. The highest BCUT2D eigenvalue weighted by molar-refractivity contribution is 6.07. The van der Waals surface area contributed by atoms with Gasteiger partial charge in [0.15, 0.2) is 0 Å². The summed E-state index contributed by atoms with van der Waals surface area (Å²) in [5, 5.41) is 9.23. The van der Waals surface area contributed by atoms with Gasteiger partial charge in [-0.25, -0.2) is 4.79 Å². The fraction of sp³-hybridized carbons (Fsp3) is 0.267. The Morgan fingerprint density at radius 3 is 2.43 bits per heavy atom. The zero-order valence-corrected chi connectivity index (χ0v) is 11.7. The van der Waals surface area contributed by atoms with Gasteiger partial charge >= 0.3 is 11.9 Å². The molecule has 21 heavy (non-hydrogen) atoms. The molecule has 1 heterocycles. The Bertz CT molecular complexity index is 620. The van der Waals surface area contributed by atoms with E-state index in [1.165, 1.54) is 12.0 Å². The van der Waals surface area contributed by atoms with Crippen LogP contribution in [0.25, 0.3) is 0 Å². The van der Waals surface area contributed by atoms with Gasteiger partial charge in [-0.15, -0.1) is 0 Å². The van der Waals surface area contributed by atoms with E-state index in [-0.39, 0.29) is 23.6 Å². The molecular weight excluding hydrogens is 274 g/mol. The number of carbonyl (C=O) groups excluding carboxylic acids is 2. The van der Waals surface area contributed by atoms with Gasteiger partial charge in [-0.05, 0) is 19.1 Å². The number of allylic oxidation sites excluding steroid dienone is 1. The maximum Gasteiger partial charge on any atom is 0.336 e. The van der Waals surface area contributed by atoms with Crippen molar-refractivity contribution in [2.24, 2.45) is 5.92 Å². The predicted molar refractivity (Wildman–Crippen MR) is 74.4 cm³/mol. The molecule has 0 bridgehead atoms. The normalized spacial score (nSPS) is 18.7. The largest absolute Gasteiger partial charge is 0.481 e. The number of carboxylic acids is 1. The average Bonchev–Trinajstić information content (AvgIpc) is 2.47. The van der Waals surface area contributed by atoms with Crippen molar-refractivity contribution in [1.82, 2.24) is 0 Å². The molecule has 0 radical (unpaired) electrons. The molecule has 1 aliphatic rings. The Morgan fingerprint density at radius 1 is 1.29 bits per heavy atom. The smallest absolute Gasteiger partial charge is 0.336 e.